The molecule has 0 bridgehead atoms. The molecule has 0 atom stereocenters. The van der Waals surface area contributed by atoms with Gasteiger partial charge >= 0.3 is 6.18 Å². The Kier molecular flexibility index (Phi) is 3.93. The molecule has 0 aliphatic heterocycles. The predicted octanol–water partition coefficient (Wildman–Crippen LogP) is 4.62. The van der Waals surface area contributed by atoms with E-state index >= 15 is 0 Å². The first kappa shape index (κ1) is 15.7. The molecule has 0 saturated carbocycles. The van der Waals surface area contributed by atoms with Crippen LogP contribution in [0.2, 0.25) is 0 Å². The Hall–Kier alpha value is -2.22. The smallest absolute Gasteiger partial charge is 0.341 e. The monoisotopic (exact) mass is 382 g/mol. The molecule has 23 heavy (non-hydrogen) atoms. The van der Waals surface area contributed by atoms with Gasteiger partial charge in [-0.1, -0.05) is 12.1 Å². The zero-order valence-electron chi connectivity index (χ0n) is 11.8. The highest BCUT2D eigenvalue weighted by molar-refractivity contribution is 9.10. The summed E-state index contributed by atoms with van der Waals surface area (Å²) in [6.45, 7) is 1.79. The van der Waals surface area contributed by atoms with Crippen LogP contribution in [0.25, 0.3) is 22.9 Å². The van der Waals surface area contributed by atoms with Gasteiger partial charge in [-0.25, -0.2) is 15.0 Å². The largest absolute Gasteiger partial charge is 0.416 e. The molecule has 0 radical (unpaired) electrons. The fourth-order valence-corrected chi connectivity index (χ4v) is 2.36. The van der Waals surface area contributed by atoms with Crippen molar-refractivity contribution in [2.75, 3.05) is 0 Å². The van der Waals surface area contributed by atoms with Gasteiger partial charge in [0.05, 0.1) is 11.3 Å². The zero-order chi connectivity index (χ0) is 16.6. The number of hydrogen-bond donors (Lipinski definition) is 1. The molecule has 0 aliphatic rings. The minimum absolute atomic E-state index is 0.380. The second-order valence-electron chi connectivity index (χ2n) is 4.87. The van der Waals surface area contributed by atoms with Crippen LogP contribution in [0.3, 0.4) is 0 Å². The summed E-state index contributed by atoms with van der Waals surface area (Å²) in [4.78, 5) is 15.8. The molecule has 0 saturated heterocycles. The van der Waals surface area contributed by atoms with E-state index in [9.17, 15) is 13.2 Å². The number of nitrogens with one attached hydrogen (secondary N) is 1. The van der Waals surface area contributed by atoms with Gasteiger partial charge in [-0.05, 0) is 41.1 Å². The zero-order valence-corrected chi connectivity index (χ0v) is 13.4. The highest BCUT2D eigenvalue weighted by Gasteiger charge is 2.30. The molecular formula is C15H10BrF3N4. The van der Waals surface area contributed by atoms with Crippen molar-refractivity contribution in [3.05, 3.63) is 52.4 Å². The number of alkyl halides is 3. The van der Waals surface area contributed by atoms with E-state index in [1.165, 1.54) is 12.1 Å². The molecule has 118 valence electrons. The van der Waals surface area contributed by atoms with Gasteiger partial charge in [-0.2, -0.15) is 13.2 Å². The molecule has 3 aromatic rings. The summed E-state index contributed by atoms with van der Waals surface area (Å²) in [5, 5.41) is 0. The maximum absolute atomic E-state index is 12.6. The number of aryl methyl sites for hydroxylation is 1. The fraction of sp³-hybridized carbons (Fsp3) is 0.133. The summed E-state index contributed by atoms with van der Waals surface area (Å²) in [5.74, 6) is 0.860. The Balaban J connectivity index is 2.01. The van der Waals surface area contributed by atoms with Crippen molar-refractivity contribution in [1.29, 1.82) is 0 Å². The Labute approximate surface area is 138 Å². The van der Waals surface area contributed by atoms with E-state index in [1.807, 2.05) is 0 Å². The van der Waals surface area contributed by atoms with E-state index in [0.717, 1.165) is 12.1 Å². The van der Waals surface area contributed by atoms with Crippen molar-refractivity contribution in [2.45, 2.75) is 13.1 Å². The van der Waals surface area contributed by atoms with E-state index in [0.29, 0.717) is 33.2 Å². The number of nitrogens with zero attached hydrogens (tertiary/aromatic N) is 3. The SMILES string of the molecule is Cc1cc(-c2ccc(C(F)(F)F)cc2)nc(-c2nc(Br)c[nH]2)n1. The molecule has 2 heterocycles. The Morgan fingerprint density at radius 1 is 1.04 bits per heavy atom. The van der Waals surface area contributed by atoms with E-state index < -0.39 is 11.7 Å². The number of imidazole rings is 1. The number of halogens is 4. The van der Waals surface area contributed by atoms with Gasteiger partial charge in [0.15, 0.2) is 11.6 Å². The van der Waals surface area contributed by atoms with Gasteiger partial charge in [-0.15, -0.1) is 0 Å². The van der Waals surface area contributed by atoms with E-state index in [4.69, 9.17) is 0 Å². The average Bonchev–Trinajstić information content (AvgIpc) is 2.92. The second-order valence-corrected chi connectivity index (χ2v) is 5.68. The van der Waals surface area contributed by atoms with E-state index in [-0.39, 0.29) is 0 Å². The lowest BCUT2D eigenvalue weighted by Gasteiger charge is -2.08. The summed E-state index contributed by atoms with van der Waals surface area (Å²) in [7, 11) is 0. The second kappa shape index (κ2) is 5.77. The number of aromatic nitrogens is 4. The van der Waals surface area contributed by atoms with Crippen LogP contribution >= 0.6 is 15.9 Å². The van der Waals surface area contributed by atoms with E-state index in [1.54, 1.807) is 19.2 Å². The standard InChI is InChI=1S/C15H10BrF3N4/c1-8-6-11(9-2-4-10(5-3-9)15(17,18)19)22-14(21-8)13-20-7-12(16)23-13/h2-7H,1H3,(H,20,23). The topological polar surface area (TPSA) is 54.5 Å². The van der Waals surface area contributed by atoms with Crippen molar-refractivity contribution in [2.24, 2.45) is 0 Å². The van der Waals surface area contributed by atoms with Crippen LogP contribution in [-0.2, 0) is 6.18 Å². The first-order chi connectivity index (χ1) is 10.8. The number of H-pyrrole nitrogens is 1. The molecule has 0 spiro atoms. The molecule has 8 heteroatoms. The predicted molar refractivity (Wildman–Crippen MR) is 82.5 cm³/mol. The number of rotatable bonds is 2. The highest BCUT2D eigenvalue weighted by atomic mass is 79.9. The maximum atomic E-state index is 12.6. The summed E-state index contributed by atoms with van der Waals surface area (Å²) in [6.07, 6.45) is -2.70. The lowest BCUT2D eigenvalue weighted by Crippen LogP contribution is -2.04. The lowest BCUT2D eigenvalue weighted by molar-refractivity contribution is -0.137. The van der Waals surface area contributed by atoms with Crippen LogP contribution in [0.15, 0.2) is 41.1 Å². The molecule has 0 aliphatic carbocycles. The van der Waals surface area contributed by atoms with Crippen LogP contribution in [0.5, 0.6) is 0 Å². The lowest BCUT2D eigenvalue weighted by atomic mass is 10.1. The van der Waals surface area contributed by atoms with Crippen LogP contribution in [0.1, 0.15) is 11.3 Å². The van der Waals surface area contributed by atoms with Crippen molar-refractivity contribution < 1.29 is 13.2 Å². The third-order valence-electron chi connectivity index (χ3n) is 3.12. The van der Waals surface area contributed by atoms with Gasteiger partial charge in [0.1, 0.15) is 4.60 Å². The number of aromatic amines is 1. The highest BCUT2D eigenvalue weighted by Crippen LogP contribution is 2.31. The van der Waals surface area contributed by atoms with Gasteiger partial charge in [0.2, 0.25) is 0 Å². The molecule has 0 fully saturated rings. The van der Waals surface area contributed by atoms with Gasteiger partial charge in [0.25, 0.3) is 0 Å². The Bertz CT molecular complexity index is 841. The number of hydrogen-bond acceptors (Lipinski definition) is 3. The molecule has 3 rings (SSSR count). The molecule has 4 nitrogen and oxygen atoms in total. The third-order valence-corrected chi connectivity index (χ3v) is 3.53. The van der Waals surface area contributed by atoms with Crippen LogP contribution in [0, 0.1) is 6.92 Å². The molecule has 1 aromatic carbocycles. The Morgan fingerprint density at radius 2 is 1.74 bits per heavy atom. The van der Waals surface area contributed by atoms with Gasteiger partial charge < -0.3 is 4.98 Å². The van der Waals surface area contributed by atoms with Crippen molar-refractivity contribution >= 4 is 15.9 Å². The summed E-state index contributed by atoms with van der Waals surface area (Å²) < 4.78 is 38.5. The maximum Gasteiger partial charge on any atom is 0.416 e. The first-order valence-electron chi connectivity index (χ1n) is 6.57. The normalized spacial score (nSPS) is 11.7. The van der Waals surface area contributed by atoms with Crippen LogP contribution in [0.4, 0.5) is 13.2 Å². The molecule has 0 unspecified atom stereocenters. The summed E-state index contributed by atoms with van der Waals surface area (Å²) >= 11 is 3.23. The first-order valence-corrected chi connectivity index (χ1v) is 7.37. The number of benzene rings is 1. The quantitative estimate of drug-likeness (QED) is 0.703. The molecule has 1 N–H and O–H groups in total. The van der Waals surface area contributed by atoms with Gasteiger partial charge in [-0.3, -0.25) is 0 Å². The van der Waals surface area contributed by atoms with Gasteiger partial charge in [0, 0.05) is 17.5 Å². The molecule has 2 aromatic heterocycles. The van der Waals surface area contributed by atoms with E-state index in [2.05, 4.69) is 35.9 Å². The summed E-state index contributed by atoms with van der Waals surface area (Å²) in [5.41, 5.74) is 1.11. The minimum atomic E-state index is -4.36. The fourth-order valence-electron chi connectivity index (χ4n) is 2.07. The van der Waals surface area contributed by atoms with Crippen LogP contribution < -0.4 is 0 Å². The third kappa shape index (κ3) is 3.42. The van der Waals surface area contributed by atoms with Crippen molar-refractivity contribution in [3.8, 4) is 22.9 Å². The van der Waals surface area contributed by atoms with Crippen molar-refractivity contribution in [3.63, 3.8) is 0 Å². The summed E-state index contributed by atoms with van der Waals surface area (Å²) in [6, 6.07) is 6.58. The molecular weight excluding hydrogens is 373 g/mol. The molecule has 0 amide bonds. The Morgan fingerprint density at radius 3 is 2.30 bits per heavy atom. The average molecular weight is 383 g/mol. The van der Waals surface area contributed by atoms with Crippen LogP contribution in [-0.4, -0.2) is 19.9 Å². The minimum Gasteiger partial charge on any atom is -0.341 e. The van der Waals surface area contributed by atoms with Crippen molar-refractivity contribution in [1.82, 2.24) is 19.9 Å².